The Labute approximate surface area is 113 Å². The van der Waals surface area contributed by atoms with E-state index in [2.05, 4.69) is 15.5 Å². The van der Waals surface area contributed by atoms with Gasteiger partial charge < -0.3 is 5.32 Å². The van der Waals surface area contributed by atoms with Crippen LogP contribution in [0.4, 0.5) is 5.69 Å². The Balaban J connectivity index is 2.08. The monoisotopic (exact) mass is 257 g/mol. The van der Waals surface area contributed by atoms with Crippen LogP contribution in [0.15, 0.2) is 30.3 Å². The van der Waals surface area contributed by atoms with E-state index >= 15 is 0 Å². The molecule has 2 N–H and O–H groups in total. The molecule has 1 heterocycles. The van der Waals surface area contributed by atoms with Crippen LogP contribution in [0.3, 0.4) is 0 Å². The molecule has 1 aromatic carbocycles. The summed E-state index contributed by atoms with van der Waals surface area (Å²) >= 11 is 0. The summed E-state index contributed by atoms with van der Waals surface area (Å²) in [4.78, 5) is 12.1. The van der Waals surface area contributed by atoms with Crippen molar-refractivity contribution >= 4 is 11.6 Å². The zero-order chi connectivity index (χ0) is 13.7. The average Bonchev–Trinajstić information content (AvgIpc) is 2.81. The van der Waals surface area contributed by atoms with Crippen molar-refractivity contribution in [2.45, 2.75) is 33.1 Å². The zero-order valence-corrected chi connectivity index (χ0v) is 11.4. The number of hydrogen-bond donors (Lipinski definition) is 2. The van der Waals surface area contributed by atoms with E-state index in [9.17, 15) is 4.79 Å². The smallest absolute Gasteiger partial charge is 0.228 e. The molecule has 0 radical (unpaired) electrons. The van der Waals surface area contributed by atoms with Crippen LogP contribution in [-0.2, 0) is 24.1 Å². The van der Waals surface area contributed by atoms with Gasteiger partial charge in [0.05, 0.1) is 23.5 Å². The molecule has 19 heavy (non-hydrogen) atoms. The van der Waals surface area contributed by atoms with Crippen LogP contribution < -0.4 is 5.32 Å². The number of anilines is 1. The second kappa shape index (κ2) is 6.18. The van der Waals surface area contributed by atoms with Gasteiger partial charge in [0.15, 0.2) is 0 Å². The second-order valence-electron chi connectivity index (χ2n) is 4.44. The van der Waals surface area contributed by atoms with Gasteiger partial charge in [0.25, 0.3) is 0 Å². The number of aryl methyl sites for hydroxylation is 2. The SMILES string of the molecule is CCc1n[nH]c(CC)c1NC(=O)Cc1ccccc1. The minimum Gasteiger partial charge on any atom is -0.323 e. The Morgan fingerprint density at radius 1 is 1.21 bits per heavy atom. The highest BCUT2D eigenvalue weighted by atomic mass is 16.1. The number of aromatic amines is 1. The van der Waals surface area contributed by atoms with Crippen molar-refractivity contribution in [1.82, 2.24) is 10.2 Å². The maximum atomic E-state index is 12.1. The summed E-state index contributed by atoms with van der Waals surface area (Å²) in [6.45, 7) is 4.07. The number of carbonyl (C=O) groups is 1. The Kier molecular flexibility index (Phi) is 4.34. The molecule has 4 nitrogen and oxygen atoms in total. The topological polar surface area (TPSA) is 57.8 Å². The number of hydrogen-bond acceptors (Lipinski definition) is 2. The van der Waals surface area contributed by atoms with E-state index in [1.165, 1.54) is 0 Å². The number of rotatable bonds is 5. The predicted molar refractivity (Wildman–Crippen MR) is 76.1 cm³/mol. The molecule has 0 spiro atoms. The molecule has 0 atom stereocenters. The number of nitrogens with zero attached hydrogens (tertiary/aromatic N) is 1. The molecule has 1 aromatic heterocycles. The lowest BCUT2D eigenvalue weighted by Crippen LogP contribution is -2.16. The fourth-order valence-electron chi connectivity index (χ4n) is 2.05. The normalized spacial score (nSPS) is 10.4. The molecule has 100 valence electrons. The molecule has 0 bridgehead atoms. The van der Waals surface area contributed by atoms with Crippen LogP contribution in [-0.4, -0.2) is 16.1 Å². The molecule has 0 unspecified atom stereocenters. The van der Waals surface area contributed by atoms with Gasteiger partial charge in [-0.2, -0.15) is 5.10 Å². The van der Waals surface area contributed by atoms with Crippen molar-refractivity contribution in [2.75, 3.05) is 5.32 Å². The molecular weight excluding hydrogens is 238 g/mol. The van der Waals surface area contributed by atoms with Gasteiger partial charge in [0.2, 0.25) is 5.91 Å². The highest BCUT2D eigenvalue weighted by molar-refractivity contribution is 5.93. The van der Waals surface area contributed by atoms with Crippen molar-refractivity contribution < 1.29 is 4.79 Å². The Bertz CT molecular complexity index is 524. The zero-order valence-electron chi connectivity index (χ0n) is 11.4. The quantitative estimate of drug-likeness (QED) is 0.865. The maximum absolute atomic E-state index is 12.1. The predicted octanol–water partition coefficient (Wildman–Crippen LogP) is 2.72. The summed E-state index contributed by atoms with van der Waals surface area (Å²) in [7, 11) is 0. The molecule has 0 aliphatic heterocycles. The standard InChI is InChI=1S/C15H19N3O/c1-3-12-15(13(4-2)18-17-12)16-14(19)10-11-8-6-5-7-9-11/h5-9H,3-4,10H2,1-2H3,(H,16,19)(H,17,18). The van der Waals surface area contributed by atoms with Gasteiger partial charge in [0, 0.05) is 0 Å². The number of H-pyrrole nitrogens is 1. The van der Waals surface area contributed by atoms with Gasteiger partial charge in [-0.1, -0.05) is 44.2 Å². The molecule has 2 aromatic rings. The number of amides is 1. The lowest BCUT2D eigenvalue weighted by atomic mass is 10.1. The number of aromatic nitrogens is 2. The summed E-state index contributed by atoms with van der Waals surface area (Å²) < 4.78 is 0. The van der Waals surface area contributed by atoms with Crippen molar-refractivity contribution in [3.63, 3.8) is 0 Å². The van der Waals surface area contributed by atoms with E-state index in [-0.39, 0.29) is 5.91 Å². The molecule has 1 amide bonds. The summed E-state index contributed by atoms with van der Waals surface area (Å²) in [5, 5.41) is 10.2. The first-order valence-electron chi connectivity index (χ1n) is 6.64. The highest BCUT2D eigenvalue weighted by Gasteiger charge is 2.13. The third kappa shape index (κ3) is 3.22. The second-order valence-corrected chi connectivity index (χ2v) is 4.44. The van der Waals surface area contributed by atoms with Crippen LogP contribution in [0.2, 0.25) is 0 Å². The van der Waals surface area contributed by atoms with Crippen molar-refractivity contribution in [2.24, 2.45) is 0 Å². The largest absolute Gasteiger partial charge is 0.323 e. The molecular formula is C15H19N3O. The van der Waals surface area contributed by atoms with Crippen molar-refractivity contribution in [3.05, 3.63) is 47.3 Å². The fraction of sp³-hybridized carbons (Fsp3) is 0.333. The minimum absolute atomic E-state index is 0.00278. The van der Waals surface area contributed by atoms with Gasteiger partial charge in [-0.25, -0.2) is 0 Å². The number of benzene rings is 1. The maximum Gasteiger partial charge on any atom is 0.228 e. The average molecular weight is 257 g/mol. The summed E-state index contributed by atoms with van der Waals surface area (Å²) in [5.74, 6) is -0.00278. The first-order chi connectivity index (χ1) is 9.24. The molecule has 0 saturated carbocycles. The van der Waals surface area contributed by atoms with Gasteiger partial charge in [-0.15, -0.1) is 0 Å². The van der Waals surface area contributed by atoms with E-state index in [4.69, 9.17) is 0 Å². The number of nitrogens with one attached hydrogen (secondary N) is 2. The Hall–Kier alpha value is -2.10. The molecule has 2 rings (SSSR count). The number of carbonyl (C=O) groups excluding carboxylic acids is 1. The van der Waals surface area contributed by atoms with Crippen LogP contribution in [0.1, 0.15) is 30.8 Å². The van der Waals surface area contributed by atoms with E-state index in [1.807, 2.05) is 44.2 Å². The van der Waals surface area contributed by atoms with Gasteiger partial charge in [-0.05, 0) is 18.4 Å². The Morgan fingerprint density at radius 3 is 2.58 bits per heavy atom. The van der Waals surface area contributed by atoms with Crippen molar-refractivity contribution in [1.29, 1.82) is 0 Å². The van der Waals surface area contributed by atoms with E-state index in [0.29, 0.717) is 6.42 Å². The summed E-state index contributed by atoms with van der Waals surface area (Å²) in [5.41, 5.74) is 3.77. The van der Waals surface area contributed by atoms with Crippen LogP contribution >= 0.6 is 0 Å². The molecule has 0 saturated heterocycles. The molecule has 0 aliphatic carbocycles. The molecule has 4 heteroatoms. The first kappa shape index (κ1) is 13.3. The van der Waals surface area contributed by atoms with Crippen LogP contribution in [0.25, 0.3) is 0 Å². The third-order valence-corrected chi connectivity index (χ3v) is 3.08. The molecule has 0 aliphatic rings. The van der Waals surface area contributed by atoms with Gasteiger partial charge >= 0.3 is 0 Å². The first-order valence-corrected chi connectivity index (χ1v) is 6.64. The van der Waals surface area contributed by atoms with Crippen molar-refractivity contribution in [3.8, 4) is 0 Å². The summed E-state index contributed by atoms with van der Waals surface area (Å²) in [6.07, 6.45) is 2.02. The lowest BCUT2D eigenvalue weighted by Gasteiger charge is -2.07. The molecule has 0 fully saturated rings. The van der Waals surface area contributed by atoms with E-state index < -0.39 is 0 Å². The minimum atomic E-state index is -0.00278. The lowest BCUT2D eigenvalue weighted by molar-refractivity contribution is -0.115. The fourth-order valence-corrected chi connectivity index (χ4v) is 2.05. The Morgan fingerprint density at radius 2 is 1.95 bits per heavy atom. The van der Waals surface area contributed by atoms with Crippen LogP contribution in [0.5, 0.6) is 0 Å². The third-order valence-electron chi connectivity index (χ3n) is 3.08. The highest BCUT2D eigenvalue weighted by Crippen LogP contribution is 2.19. The summed E-state index contributed by atoms with van der Waals surface area (Å²) in [6, 6.07) is 9.74. The van der Waals surface area contributed by atoms with Crippen LogP contribution in [0, 0.1) is 0 Å². The van der Waals surface area contributed by atoms with Gasteiger partial charge in [0.1, 0.15) is 0 Å². The van der Waals surface area contributed by atoms with E-state index in [1.54, 1.807) is 0 Å². The van der Waals surface area contributed by atoms with E-state index in [0.717, 1.165) is 35.5 Å². The van der Waals surface area contributed by atoms with Gasteiger partial charge in [-0.3, -0.25) is 9.89 Å².